The molecule has 0 spiro atoms. The van der Waals surface area contributed by atoms with Gasteiger partial charge >= 0.3 is 0 Å². The van der Waals surface area contributed by atoms with Crippen LogP contribution in [0.2, 0.25) is 0 Å². The molecule has 4 nitrogen and oxygen atoms in total. The molecule has 2 unspecified atom stereocenters. The summed E-state index contributed by atoms with van der Waals surface area (Å²) in [5, 5.41) is 12.5. The second kappa shape index (κ2) is 7.67. The first kappa shape index (κ1) is 14.5. The maximum absolute atomic E-state index is 11.8. The van der Waals surface area contributed by atoms with E-state index in [0.29, 0.717) is 18.4 Å². The average Bonchev–Trinajstić information content (AvgIpc) is 2.35. The quantitative estimate of drug-likeness (QED) is 0.730. The SMILES string of the molecule is CCCNC1CC(CCO)CN(C(=O)CC)C1. The number of nitrogens with one attached hydrogen (secondary N) is 1. The van der Waals surface area contributed by atoms with Gasteiger partial charge in [-0.05, 0) is 31.7 Å². The van der Waals surface area contributed by atoms with Crippen LogP contribution >= 0.6 is 0 Å². The number of hydrogen-bond acceptors (Lipinski definition) is 3. The first-order valence-electron chi connectivity index (χ1n) is 6.83. The Labute approximate surface area is 104 Å². The summed E-state index contributed by atoms with van der Waals surface area (Å²) < 4.78 is 0. The lowest BCUT2D eigenvalue weighted by molar-refractivity contribution is -0.133. The van der Waals surface area contributed by atoms with Gasteiger partial charge < -0.3 is 15.3 Å². The van der Waals surface area contributed by atoms with E-state index in [1.807, 2.05) is 11.8 Å². The maximum Gasteiger partial charge on any atom is 0.222 e. The van der Waals surface area contributed by atoms with Crippen LogP contribution in [0.3, 0.4) is 0 Å². The maximum atomic E-state index is 11.8. The van der Waals surface area contributed by atoms with Gasteiger partial charge in [0.1, 0.15) is 0 Å². The minimum atomic E-state index is 0.222. The number of likely N-dealkylation sites (tertiary alicyclic amines) is 1. The molecule has 4 heteroatoms. The zero-order valence-corrected chi connectivity index (χ0v) is 11.1. The number of aliphatic hydroxyl groups excluding tert-OH is 1. The summed E-state index contributed by atoms with van der Waals surface area (Å²) in [5.41, 5.74) is 0. The van der Waals surface area contributed by atoms with Gasteiger partial charge in [-0.1, -0.05) is 13.8 Å². The summed E-state index contributed by atoms with van der Waals surface area (Å²) in [4.78, 5) is 13.7. The van der Waals surface area contributed by atoms with Gasteiger partial charge in [0.25, 0.3) is 0 Å². The molecular formula is C13H26N2O2. The van der Waals surface area contributed by atoms with Crippen LogP contribution in [0.1, 0.15) is 39.5 Å². The third-order valence-electron chi connectivity index (χ3n) is 3.41. The highest BCUT2D eigenvalue weighted by atomic mass is 16.3. The highest BCUT2D eigenvalue weighted by Crippen LogP contribution is 2.20. The van der Waals surface area contributed by atoms with E-state index in [4.69, 9.17) is 5.11 Å². The third-order valence-corrected chi connectivity index (χ3v) is 3.41. The lowest BCUT2D eigenvalue weighted by atomic mass is 9.91. The number of amides is 1. The molecule has 1 rings (SSSR count). The van der Waals surface area contributed by atoms with Crippen LogP contribution in [0.4, 0.5) is 0 Å². The molecule has 2 N–H and O–H groups in total. The monoisotopic (exact) mass is 242 g/mol. The molecule has 0 bridgehead atoms. The Morgan fingerprint density at radius 3 is 2.76 bits per heavy atom. The normalized spacial score (nSPS) is 25.0. The molecule has 0 aromatic rings. The molecule has 2 atom stereocenters. The zero-order chi connectivity index (χ0) is 12.7. The van der Waals surface area contributed by atoms with Crippen molar-refractivity contribution in [2.45, 2.75) is 45.6 Å². The number of rotatable bonds is 6. The Kier molecular flexibility index (Phi) is 6.52. The van der Waals surface area contributed by atoms with Crippen molar-refractivity contribution in [2.75, 3.05) is 26.2 Å². The summed E-state index contributed by atoms with van der Waals surface area (Å²) in [6, 6.07) is 0.399. The lowest BCUT2D eigenvalue weighted by Crippen LogP contribution is -2.51. The van der Waals surface area contributed by atoms with E-state index in [1.54, 1.807) is 0 Å². The van der Waals surface area contributed by atoms with Crippen molar-refractivity contribution < 1.29 is 9.90 Å². The molecule has 1 aliphatic heterocycles. The fourth-order valence-electron chi connectivity index (χ4n) is 2.52. The van der Waals surface area contributed by atoms with Crippen molar-refractivity contribution in [3.63, 3.8) is 0 Å². The van der Waals surface area contributed by atoms with Gasteiger partial charge in [0.2, 0.25) is 5.91 Å². The highest BCUT2D eigenvalue weighted by molar-refractivity contribution is 5.76. The van der Waals surface area contributed by atoms with Crippen LogP contribution in [-0.4, -0.2) is 48.2 Å². The van der Waals surface area contributed by atoms with E-state index < -0.39 is 0 Å². The van der Waals surface area contributed by atoms with E-state index in [0.717, 1.165) is 38.9 Å². The van der Waals surface area contributed by atoms with Gasteiger partial charge in [0, 0.05) is 32.2 Å². The summed E-state index contributed by atoms with van der Waals surface area (Å²) in [6.07, 6.45) is 3.57. The number of hydrogen-bond donors (Lipinski definition) is 2. The predicted octanol–water partition coefficient (Wildman–Crippen LogP) is 0.995. The first-order valence-corrected chi connectivity index (χ1v) is 6.83. The van der Waals surface area contributed by atoms with Crippen LogP contribution in [0.25, 0.3) is 0 Å². The summed E-state index contributed by atoms with van der Waals surface area (Å²) in [5.74, 6) is 0.676. The Morgan fingerprint density at radius 1 is 1.41 bits per heavy atom. The zero-order valence-electron chi connectivity index (χ0n) is 11.1. The molecule has 0 aromatic heterocycles. The Morgan fingerprint density at radius 2 is 2.18 bits per heavy atom. The summed E-state index contributed by atoms with van der Waals surface area (Å²) >= 11 is 0. The molecule has 1 heterocycles. The van der Waals surface area contributed by atoms with Crippen LogP contribution in [0.5, 0.6) is 0 Å². The molecular weight excluding hydrogens is 216 g/mol. The fourth-order valence-corrected chi connectivity index (χ4v) is 2.52. The smallest absolute Gasteiger partial charge is 0.222 e. The van der Waals surface area contributed by atoms with Gasteiger partial charge in [0.05, 0.1) is 0 Å². The molecule has 0 saturated carbocycles. The lowest BCUT2D eigenvalue weighted by Gasteiger charge is -2.38. The van der Waals surface area contributed by atoms with Crippen LogP contribution in [0, 0.1) is 5.92 Å². The molecule has 1 saturated heterocycles. The average molecular weight is 242 g/mol. The molecule has 0 aliphatic carbocycles. The molecule has 17 heavy (non-hydrogen) atoms. The van der Waals surface area contributed by atoms with Crippen molar-refractivity contribution in [2.24, 2.45) is 5.92 Å². The Balaban J connectivity index is 2.52. The molecule has 100 valence electrons. The number of piperidine rings is 1. The van der Waals surface area contributed by atoms with Crippen LogP contribution in [-0.2, 0) is 4.79 Å². The fraction of sp³-hybridized carbons (Fsp3) is 0.923. The molecule has 1 amide bonds. The van der Waals surface area contributed by atoms with Gasteiger partial charge in [-0.2, -0.15) is 0 Å². The second-order valence-corrected chi connectivity index (χ2v) is 4.92. The third kappa shape index (κ3) is 4.64. The Hall–Kier alpha value is -0.610. The Bertz CT molecular complexity index is 233. The van der Waals surface area contributed by atoms with E-state index in [9.17, 15) is 4.79 Å². The number of carbonyl (C=O) groups is 1. The van der Waals surface area contributed by atoms with Crippen molar-refractivity contribution in [1.29, 1.82) is 0 Å². The number of nitrogens with zero attached hydrogens (tertiary/aromatic N) is 1. The largest absolute Gasteiger partial charge is 0.396 e. The van der Waals surface area contributed by atoms with Gasteiger partial charge in [0.15, 0.2) is 0 Å². The number of carbonyl (C=O) groups excluding carboxylic acids is 1. The van der Waals surface area contributed by atoms with Crippen molar-refractivity contribution in [3.05, 3.63) is 0 Å². The van der Waals surface area contributed by atoms with E-state index in [2.05, 4.69) is 12.2 Å². The number of aliphatic hydroxyl groups is 1. The minimum Gasteiger partial charge on any atom is -0.396 e. The predicted molar refractivity (Wildman–Crippen MR) is 68.8 cm³/mol. The molecule has 0 aromatic carbocycles. The minimum absolute atomic E-state index is 0.222. The van der Waals surface area contributed by atoms with Crippen molar-refractivity contribution in [3.8, 4) is 0 Å². The first-order chi connectivity index (χ1) is 8.21. The molecule has 1 aliphatic rings. The van der Waals surface area contributed by atoms with Crippen molar-refractivity contribution in [1.82, 2.24) is 10.2 Å². The van der Waals surface area contributed by atoms with E-state index in [1.165, 1.54) is 0 Å². The van der Waals surface area contributed by atoms with Crippen molar-refractivity contribution >= 4 is 5.91 Å². The van der Waals surface area contributed by atoms with Gasteiger partial charge in [-0.25, -0.2) is 0 Å². The summed E-state index contributed by atoms with van der Waals surface area (Å²) in [7, 11) is 0. The van der Waals surface area contributed by atoms with Gasteiger partial charge in [-0.15, -0.1) is 0 Å². The highest BCUT2D eigenvalue weighted by Gasteiger charge is 2.28. The molecule has 0 radical (unpaired) electrons. The van der Waals surface area contributed by atoms with Gasteiger partial charge in [-0.3, -0.25) is 4.79 Å². The second-order valence-electron chi connectivity index (χ2n) is 4.92. The molecule has 1 fully saturated rings. The van der Waals surface area contributed by atoms with E-state index in [-0.39, 0.29) is 12.5 Å². The topological polar surface area (TPSA) is 52.6 Å². The van der Waals surface area contributed by atoms with Crippen LogP contribution in [0.15, 0.2) is 0 Å². The van der Waals surface area contributed by atoms with E-state index >= 15 is 0 Å². The van der Waals surface area contributed by atoms with Crippen LogP contribution < -0.4 is 5.32 Å². The standard InChI is InChI=1S/C13H26N2O2/c1-3-6-14-12-8-11(5-7-16)9-15(10-12)13(17)4-2/h11-12,14,16H,3-10H2,1-2H3. The summed E-state index contributed by atoms with van der Waals surface area (Å²) in [6.45, 7) is 6.93.